The monoisotopic (exact) mass is 275 g/mol. The maximum Gasteiger partial charge on any atom is 0.223 e. The molecule has 106 valence electrons. The van der Waals surface area contributed by atoms with Gasteiger partial charge in [-0.25, -0.2) is 8.42 Å². The molecule has 0 aliphatic carbocycles. The summed E-state index contributed by atoms with van der Waals surface area (Å²) in [5.41, 5.74) is 0. The van der Waals surface area contributed by atoms with Crippen molar-refractivity contribution in [2.24, 2.45) is 11.8 Å². The van der Waals surface area contributed by atoms with Crippen molar-refractivity contribution in [2.75, 3.05) is 18.1 Å². The van der Waals surface area contributed by atoms with E-state index in [-0.39, 0.29) is 23.5 Å². The first-order valence-corrected chi connectivity index (χ1v) is 8.53. The molecule has 1 aliphatic heterocycles. The Balaban J connectivity index is 2.76. The minimum Gasteiger partial charge on any atom is -0.338 e. The number of rotatable bonds is 5. The van der Waals surface area contributed by atoms with E-state index in [9.17, 15) is 13.2 Å². The second-order valence-electron chi connectivity index (χ2n) is 6.09. The molecule has 1 fully saturated rings. The molecule has 1 atom stereocenters. The molecule has 0 aromatic heterocycles. The average Bonchev–Trinajstić information content (AvgIpc) is 2.53. The Kier molecular flexibility index (Phi) is 5.20. The summed E-state index contributed by atoms with van der Waals surface area (Å²) < 4.78 is 23.1. The van der Waals surface area contributed by atoms with E-state index in [0.717, 1.165) is 0 Å². The summed E-state index contributed by atoms with van der Waals surface area (Å²) in [4.78, 5) is 14.0. The van der Waals surface area contributed by atoms with Gasteiger partial charge in [0.2, 0.25) is 5.91 Å². The molecule has 1 aliphatic rings. The molecule has 18 heavy (non-hydrogen) atoms. The van der Waals surface area contributed by atoms with Crippen molar-refractivity contribution in [3.63, 3.8) is 0 Å². The summed E-state index contributed by atoms with van der Waals surface area (Å²) in [6, 6.07) is -0.108. The Hall–Kier alpha value is -0.580. The molecule has 0 N–H and O–H groups in total. The second kappa shape index (κ2) is 6.04. The molecule has 0 aromatic rings. The number of carbonyl (C=O) groups is 1. The zero-order chi connectivity index (χ0) is 13.9. The van der Waals surface area contributed by atoms with E-state index < -0.39 is 9.84 Å². The van der Waals surface area contributed by atoms with Gasteiger partial charge in [-0.1, -0.05) is 27.7 Å². The van der Waals surface area contributed by atoms with Crippen molar-refractivity contribution >= 4 is 15.7 Å². The van der Waals surface area contributed by atoms with Crippen molar-refractivity contribution in [3.8, 4) is 0 Å². The van der Waals surface area contributed by atoms with Crippen LogP contribution in [0, 0.1) is 11.8 Å². The Morgan fingerprint density at radius 1 is 1.22 bits per heavy atom. The lowest BCUT2D eigenvalue weighted by atomic mass is 10.1. The summed E-state index contributed by atoms with van der Waals surface area (Å²) in [5.74, 6) is 1.14. The first kappa shape index (κ1) is 15.5. The van der Waals surface area contributed by atoms with Gasteiger partial charge in [0.15, 0.2) is 9.84 Å². The van der Waals surface area contributed by atoms with Crippen molar-refractivity contribution in [2.45, 2.75) is 46.6 Å². The van der Waals surface area contributed by atoms with E-state index >= 15 is 0 Å². The predicted molar refractivity (Wildman–Crippen MR) is 73.1 cm³/mol. The van der Waals surface area contributed by atoms with Crippen LogP contribution in [0.3, 0.4) is 0 Å². The Morgan fingerprint density at radius 3 is 2.22 bits per heavy atom. The number of nitrogens with zero attached hydrogens (tertiary/aromatic N) is 1. The number of hydrogen-bond acceptors (Lipinski definition) is 3. The normalized spacial score (nSPS) is 22.7. The lowest BCUT2D eigenvalue weighted by molar-refractivity contribution is -0.134. The molecule has 5 heteroatoms. The molecule has 1 saturated heterocycles. The Bertz CT molecular complexity index is 387. The SMILES string of the molecule is CC(C)CC(=O)N(CC(C)C)C1CCS(=O)(=O)C1. The van der Waals surface area contributed by atoms with Gasteiger partial charge in [-0.3, -0.25) is 4.79 Å². The zero-order valence-electron chi connectivity index (χ0n) is 11.8. The number of carbonyl (C=O) groups excluding carboxylic acids is 1. The summed E-state index contributed by atoms with van der Waals surface area (Å²) in [6.07, 6.45) is 1.10. The number of sulfone groups is 1. The van der Waals surface area contributed by atoms with Crippen LogP contribution in [0.5, 0.6) is 0 Å². The smallest absolute Gasteiger partial charge is 0.223 e. The van der Waals surface area contributed by atoms with Crippen molar-refractivity contribution in [1.29, 1.82) is 0 Å². The highest BCUT2D eigenvalue weighted by Gasteiger charge is 2.34. The van der Waals surface area contributed by atoms with Crippen LogP contribution in [0.1, 0.15) is 40.5 Å². The molecule has 1 unspecified atom stereocenters. The van der Waals surface area contributed by atoms with E-state index in [1.54, 1.807) is 4.90 Å². The van der Waals surface area contributed by atoms with Crippen LogP contribution in [0.25, 0.3) is 0 Å². The second-order valence-corrected chi connectivity index (χ2v) is 8.32. The maximum absolute atomic E-state index is 12.2. The van der Waals surface area contributed by atoms with Crippen LogP contribution in [0.2, 0.25) is 0 Å². The average molecular weight is 275 g/mol. The fraction of sp³-hybridized carbons (Fsp3) is 0.923. The van der Waals surface area contributed by atoms with Gasteiger partial charge in [-0.05, 0) is 18.3 Å². The van der Waals surface area contributed by atoms with E-state index in [4.69, 9.17) is 0 Å². The van der Waals surface area contributed by atoms with Gasteiger partial charge in [0.1, 0.15) is 0 Å². The highest BCUT2D eigenvalue weighted by molar-refractivity contribution is 7.91. The number of hydrogen-bond donors (Lipinski definition) is 0. The van der Waals surface area contributed by atoms with Gasteiger partial charge in [0.05, 0.1) is 11.5 Å². The highest BCUT2D eigenvalue weighted by atomic mass is 32.2. The Labute approximate surface area is 111 Å². The quantitative estimate of drug-likeness (QED) is 0.767. The van der Waals surface area contributed by atoms with Gasteiger partial charge in [-0.2, -0.15) is 0 Å². The van der Waals surface area contributed by atoms with E-state index in [1.165, 1.54) is 0 Å². The highest BCUT2D eigenvalue weighted by Crippen LogP contribution is 2.20. The molecule has 0 radical (unpaired) electrons. The standard InChI is InChI=1S/C13H25NO3S/c1-10(2)7-13(15)14(8-11(3)4)12-5-6-18(16,17)9-12/h10-12H,5-9H2,1-4H3. The Morgan fingerprint density at radius 2 is 1.83 bits per heavy atom. The molecule has 1 amide bonds. The molecule has 0 saturated carbocycles. The summed E-state index contributed by atoms with van der Waals surface area (Å²) >= 11 is 0. The zero-order valence-corrected chi connectivity index (χ0v) is 12.7. The fourth-order valence-electron chi connectivity index (χ4n) is 2.34. The van der Waals surface area contributed by atoms with Gasteiger partial charge < -0.3 is 4.90 Å². The minimum absolute atomic E-state index is 0.0980. The van der Waals surface area contributed by atoms with Crippen LogP contribution >= 0.6 is 0 Å². The third kappa shape index (κ3) is 4.59. The van der Waals surface area contributed by atoms with Crippen LogP contribution < -0.4 is 0 Å². The van der Waals surface area contributed by atoms with Gasteiger partial charge in [-0.15, -0.1) is 0 Å². The first-order valence-electron chi connectivity index (χ1n) is 6.71. The summed E-state index contributed by atoms with van der Waals surface area (Å²) in [5, 5.41) is 0. The lowest BCUT2D eigenvalue weighted by Gasteiger charge is -2.30. The maximum atomic E-state index is 12.2. The molecule has 0 spiro atoms. The third-order valence-corrected chi connectivity index (χ3v) is 4.86. The molecular formula is C13H25NO3S. The minimum atomic E-state index is -2.93. The molecule has 0 bridgehead atoms. The van der Waals surface area contributed by atoms with Crippen molar-refractivity contribution in [1.82, 2.24) is 4.90 Å². The van der Waals surface area contributed by atoms with Crippen LogP contribution in [0.15, 0.2) is 0 Å². The van der Waals surface area contributed by atoms with Crippen LogP contribution in [-0.2, 0) is 14.6 Å². The van der Waals surface area contributed by atoms with Crippen molar-refractivity contribution in [3.05, 3.63) is 0 Å². The van der Waals surface area contributed by atoms with Crippen molar-refractivity contribution < 1.29 is 13.2 Å². The topological polar surface area (TPSA) is 54.5 Å². The van der Waals surface area contributed by atoms with Gasteiger partial charge in [0, 0.05) is 19.0 Å². The lowest BCUT2D eigenvalue weighted by Crippen LogP contribution is -2.43. The summed E-state index contributed by atoms with van der Waals surface area (Å²) in [6.45, 7) is 8.79. The van der Waals surface area contributed by atoms with E-state index in [0.29, 0.717) is 31.2 Å². The number of amides is 1. The molecular weight excluding hydrogens is 250 g/mol. The third-order valence-electron chi connectivity index (χ3n) is 3.11. The largest absolute Gasteiger partial charge is 0.338 e. The van der Waals surface area contributed by atoms with Gasteiger partial charge >= 0.3 is 0 Å². The first-order chi connectivity index (χ1) is 8.21. The molecule has 0 aromatic carbocycles. The van der Waals surface area contributed by atoms with E-state index in [2.05, 4.69) is 13.8 Å². The molecule has 1 rings (SSSR count). The summed E-state index contributed by atoms with van der Waals surface area (Å²) in [7, 11) is -2.93. The van der Waals surface area contributed by atoms with E-state index in [1.807, 2.05) is 13.8 Å². The fourth-order valence-corrected chi connectivity index (χ4v) is 4.07. The van der Waals surface area contributed by atoms with Gasteiger partial charge in [0.25, 0.3) is 0 Å². The molecule has 4 nitrogen and oxygen atoms in total. The predicted octanol–water partition coefficient (Wildman–Crippen LogP) is 1.70. The van der Waals surface area contributed by atoms with Crippen LogP contribution in [0.4, 0.5) is 0 Å². The molecule has 1 heterocycles. The van der Waals surface area contributed by atoms with Crippen LogP contribution in [-0.4, -0.2) is 43.3 Å².